The average molecular weight is 246 g/mol. The first kappa shape index (κ1) is 11.0. The third-order valence-electron chi connectivity index (χ3n) is 5.72. The molecule has 1 aliphatic heterocycles. The molecule has 18 heavy (non-hydrogen) atoms. The third-order valence-corrected chi connectivity index (χ3v) is 5.72. The van der Waals surface area contributed by atoms with Crippen LogP contribution in [0, 0.1) is 23.2 Å². The zero-order chi connectivity index (χ0) is 12.5. The van der Waals surface area contributed by atoms with Gasteiger partial charge >= 0.3 is 0 Å². The lowest BCUT2D eigenvalue weighted by molar-refractivity contribution is -0.122. The highest BCUT2D eigenvalue weighted by Gasteiger charge is 2.55. The monoisotopic (exact) mass is 246 g/mol. The molecule has 1 heterocycles. The summed E-state index contributed by atoms with van der Waals surface area (Å²) >= 11 is 0. The summed E-state index contributed by atoms with van der Waals surface area (Å²) in [5.74, 6) is 3.84. The fourth-order valence-corrected chi connectivity index (χ4v) is 5.27. The first-order chi connectivity index (χ1) is 8.47. The molecule has 4 saturated carbocycles. The average Bonchev–Trinajstić information content (AvgIpc) is 2.52. The normalized spacial score (nSPS) is 48.2. The Hall–Kier alpha value is -0.860. The number of carbonyl (C=O) groups excluding carboxylic acids is 1. The summed E-state index contributed by atoms with van der Waals surface area (Å²) in [5.41, 5.74) is -0.309. The van der Waals surface area contributed by atoms with Gasteiger partial charge in [-0.05, 0) is 70.1 Å². The van der Waals surface area contributed by atoms with Crippen molar-refractivity contribution in [3.8, 4) is 0 Å². The van der Waals surface area contributed by atoms with E-state index in [1.165, 1.54) is 38.5 Å². The molecule has 5 rings (SSSR count). The zero-order valence-corrected chi connectivity index (χ0v) is 11.3. The number of carbonyl (C=O) groups is 1. The van der Waals surface area contributed by atoms with Crippen LogP contribution < -0.4 is 5.32 Å². The summed E-state index contributed by atoms with van der Waals surface area (Å²) in [4.78, 5) is 16.7. The maximum absolute atomic E-state index is 12.0. The van der Waals surface area contributed by atoms with Crippen molar-refractivity contribution in [2.24, 2.45) is 28.2 Å². The number of hydrogen-bond donors (Lipinski definition) is 1. The van der Waals surface area contributed by atoms with E-state index in [-0.39, 0.29) is 11.3 Å². The number of rotatable bonds is 1. The molecule has 0 aromatic carbocycles. The van der Waals surface area contributed by atoms with Crippen molar-refractivity contribution >= 4 is 11.7 Å². The maximum Gasteiger partial charge on any atom is 0.252 e. The molecule has 0 spiro atoms. The van der Waals surface area contributed by atoms with Crippen LogP contribution in [0.25, 0.3) is 0 Å². The van der Waals surface area contributed by atoms with E-state index in [1.54, 1.807) is 0 Å². The lowest BCUT2D eigenvalue weighted by atomic mass is 9.49. The van der Waals surface area contributed by atoms with Gasteiger partial charge < -0.3 is 5.32 Å². The summed E-state index contributed by atoms with van der Waals surface area (Å²) in [5, 5.41) is 3.11. The molecule has 3 nitrogen and oxygen atoms in total. The molecule has 4 fully saturated rings. The van der Waals surface area contributed by atoms with Crippen molar-refractivity contribution in [2.45, 2.75) is 57.9 Å². The second-order valence-corrected chi connectivity index (χ2v) is 7.67. The van der Waals surface area contributed by atoms with E-state index in [4.69, 9.17) is 4.99 Å². The molecule has 4 bridgehead atoms. The summed E-state index contributed by atoms with van der Waals surface area (Å²) in [6, 6.07) is 0. The Morgan fingerprint density at radius 3 is 1.94 bits per heavy atom. The Balaban J connectivity index is 1.71. The Kier molecular flexibility index (Phi) is 1.94. The van der Waals surface area contributed by atoms with Crippen LogP contribution >= 0.6 is 0 Å². The first-order valence-electron chi connectivity index (χ1n) is 7.39. The Morgan fingerprint density at radius 1 is 1.06 bits per heavy atom. The highest BCUT2D eigenvalue weighted by Crippen LogP contribution is 2.60. The van der Waals surface area contributed by atoms with E-state index in [1.807, 2.05) is 13.8 Å². The molecule has 98 valence electrons. The first-order valence-corrected chi connectivity index (χ1v) is 7.39. The van der Waals surface area contributed by atoms with Gasteiger partial charge in [0.25, 0.3) is 5.91 Å². The number of nitrogens with zero attached hydrogens (tertiary/aromatic N) is 1. The number of amides is 1. The van der Waals surface area contributed by atoms with E-state index in [0.29, 0.717) is 0 Å². The van der Waals surface area contributed by atoms with Gasteiger partial charge in [0.2, 0.25) is 0 Å². The van der Waals surface area contributed by atoms with Crippen LogP contribution in [-0.2, 0) is 4.79 Å². The molecular formula is C15H22N2O. The Labute approximate surface area is 108 Å². The van der Waals surface area contributed by atoms with E-state index < -0.39 is 5.54 Å². The van der Waals surface area contributed by atoms with Gasteiger partial charge in [-0.3, -0.25) is 9.79 Å². The van der Waals surface area contributed by atoms with E-state index >= 15 is 0 Å². The quantitative estimate of drug-likeness (QED) is 0.759. The molecule has 0 aromatic heterocycles. The summed E-state index contributed by atoms with van der Waals surface area (Å²) in [6.07, 6.45) is 8.12. The SMILES string of the molecule is CC1(C)N=C(C23CC4CC(CC(C4)C2)C3)NC1=O. The van der Waals surface area contributed by atoms with Gasteiger partial charge in [0.05, 0.1) is 0 Å². The van der Waals surface area contributed by atoms with Crippen LogP contribution in [0.5, 0.6) is 0 Å². The smallest absolute Gasteiger partial charge is 0.252 e. The standard InChI is InChI=1S/C15H22N2O/c1-14(2)13(18)16-12(17-14)15-6-9-3-10(7-15)5-11(4-9)8-15/h9-11H,3-8H2,1-2H3,(H,16,17,18). The van der Waals surface area contributed by atoms with E-state index in [2.05, 4.69) is 5.32 Å². The Bertz CT molecular complexity index is 414. The van der Waals surface area contributed by atoms with Crippen molar-refractivity contribution in [3.63, 3.8) is 0 Å². The van der Waals surface area contributed by atoms with Crippen molar-refractivity contribution in [1.29, 1.82) is 0 Å². The van der Waals surface area contributed by atoms with Crippen LogP contribution in [0.15, 0.2) is 4.99 Å². The van der Waals surface area contributed by atoms with Crippen LogP contribution in [0.4, 0.5) is 0 Å². The minimum atomic E-state index is -0.543. The van der Waals surface area contributed by atoms with E-state index in [0.717, 1.165) is 23.6 Å². The molecule has 1 N–H and O–H groups in total. The molecule has 5 aliphatic rings. The van der Waals surface area contributed by atoms with Crippen LogP contribution in [0.1, 0.15) is 52.4 Å². The lowest BCUT2D eigenvalue weighted by Gasteiger charge is -2.56. The Morgan fingerprint density at radius 2 is 1.56 bits per heavy atom. The van der Waals surface area contributed by atoms with Crippen LogP contribution in [-0.4, -0.2) is 17.3 Å². The molecule has 0 radical (unpaired) electrons. The van der Waals surface area contributed by atoms with Gasteiger partial charge in [-0.1, -0.05) is 0 Å². The second kappa shape index (κ2) is 3.17. The highest BCUT2D eigenvalue weighted by atomic mass is 16.2. The van der Waals surface area contributed by atoms with Crippen molar-refractivity contribution in [1.82, 2.24) is 5.32 Å². The molecule has 0 aromatic rings. The number of hydrogen-bond acceptors (Lipinski definition) is 2. The molecule has 0 saturated heterocycles. The van der Waals surface area contributed by atoms with Gasteiger partial charge in [0, 0.05) is 5.41 Å². The van der Waals surface area contributed by atoms with E-state index in [9.17, 15) is 4.79 Å². The lowest BCUT2D eigenvalue weighted by Crippen LogP contribution is -2.53. The predicted octanol–water partition coefficient (Wildman–Crippen LogP) is 2.51. The predicted molar refractivity (Wildman–Crippen MR) is 70.3 cm³/mol. The summed E-state index contributed by atoms with van der Waals surface area (Å²) < 4.78 is 0. The molecule has 4 aliphatic carbocycles. The zero-order valence-electron chi connectivity index (χ0n) is 11.3. The van der Waals surface area contributed by atoms with Crippen LogP contribution in [0.3, 0.4) is 0 Å². The second-order valence-electron chi connectivity index (χ2n) is 7.67. The molecule has 3 heteroatoms. The minimum Gasteiger partial charge on any atom is -0.312 e. The maximum atomic E-state index is 12.0. The molecule has 0 atom stereocenters. The number of aliphatic imine (C=N–C) groups is 1. The molecular weight excluding hydrogens is 224 g/mol. The minimum absolute atomic E-state index is 0.0910. The molecule has 1 amide bonds. The third kappa shape index (κ3) is 1.36. The van der Waals surface area contributed by atoms with Gasteiger partial charge in [-0.15, -0.1) is 0 Å². The number of nitrogens with one attached hydrogen (secondary N) is 1. The fourth-order valence-electron chi connectivity index (χ4n) is 5.27. The largest absolute Gasteiger partial charge is 0.312 e. The van der Waals surface area contributed by atoms with Gasteiger partial charge in [-0.25, -0.2) is 0 Å². The van der Waals surface area contributed by atoms with Gasteiger partial charge in [-0.2, -0.15) is 0 Å². The van der Waals surface area contributed by atoms with Crippen molar-refractivity contribution in [3.05, 3.63) is 0 Å². The van der Waals surface area contributed by atoms with Gasteiger partial charge in [0.1, 0.15) is 11.4 Å². The summed E-state index contributed by atoms with van der Waals surface area (Å²) in [7, 11) is 0. The van der Waals surface area contributed by atoms with Crippen molar-refractivity contribution in [2.75, 3.05) is 0 Å². The number of amidine groups is 1. The fraction of sp³-hybridized carbons (Fsp3) is 0.867. The topological polar surface area (TPSA) is 41.5 Å². The van der Waals surface area contributed by atoms with Crippen LogP contribution in [0.2, 0.25) is 0 Å². The van der Waals surface area contributed by atoms with Gasteiger partial charge in [0.15, 0.2) is 0 Å². The molecule has 0 unspecified atom stereocenters. The summed E-state index contributed by atoms with van der Waals surface area (Å²) in [6.45, 7) is 3.85. The highest BCUT2D eigenvalue weighted by molar-refractivity contribution is 6.10. The van der Waals surface area contributed by atoms with Crippen molar-refractivity contribution < 1.29 is 4.79 Å².